The van der Waals surface area contributed by atoms with Crippen molar-refractivity contribution in [3.05, 3.63) is 36.3 Å². The lowest BCUT2D eigenvalue weighted by atomic mass is 10.2. The first kappa shape index (κ1) is 9.84. The molecule has 0 saturated carbocycles. The van der Waals surface area contributed by atoms with Crippen LogP contribution >= 0.6 is 11.8 Å². The molecule has 2 aliphatic heterocycles. The van der Waals surface area contributed by atoms with Crippen molar-refractivity contribution in [2.45, 2.75) is 4.90 Å². The smallest absolute Gasteiger partial charge is 0.204 e. The van der Waals surface area contributed by atoms with Crippen LogP contribution in [0, 0.1) is 0 Å². The molecule has 2 aromatic rings. The van der Waals surface area contributed by atoms with Gasteiger partial charge in [0.15, 0.2) is 5.17 Å². The Morgan fingerprint density at radius 2 is 2.22 bits per heavy atom. The highest BCUT2D eigenvalue weighted by Crippen LogP contribution is 2.42. The van der Waals surface area contributed by atoms with Crippen LogP contribution in [-0.4, -0.2) is 32.3 Å². The molecule has 2 aliphatic rings. The highest BCUT2D eigenvalue weighted by molar-refractivity contribution is 8.14. The van der Waals surface area contributed by atoms with Crippen LogP contribution in [0.3, 0.4) is 0 Å². The number of aromatic amines is 1. The van der Waals surface area contributed by atoms with Gasteiger partial charge in [0.25, 0.3) is 0 Å². The Balaban J connectivity index is 1.75. The van der Waals surface area contributed by atoms with E-state index >= 15 is 0 Å². The summed E-state index contributed by atoms with van der Waals surface area (Å²) in [6.45, 7) is 0.725. The highest BCUT2D eigenvalue weighted by Gasteiger charge is 2.29. The number of hydrogen-bond acceptors (Lipinski definition) is 6. The number of nitrogens with one attached hydrogen (secondary N) is 1. The summed E-state index contributed by atoms with van der Waals surface area (Å²) in [5, 5.41) is 15.0. The van der Waals surface area contributed by atoms with Gasteiger partial charge in [-0.3, -0.25) is 0 Å². The van der Waals surface area contributed by atoms with Gasteiger partial charge in [-0.2, -0.15) is 5.21 Å². The molecule has 0 bridgehead atoms. The van der Waals surface area contributed by atoms with Gasteiger partial charge in [-0.25, -0.2) is 4.99 Å². The van der Waals surface area contributed by atoms with Gasteiger partial charge >= 0.3 is 0 Å². The minimum absolute atomic E-state index is 0.604. The second-order valence-electron chi connectivity index (χ2n) is 3.96. The Morgan fingerprint density at radius 3 is 3.11 bits per heavy atom. The van der Waals surface area contributed by atoms with Gasteiger partial charge in [0, 0.05) is 16.7 Å². The van der Waals surface area contributed by atoms with E-state index in [2.05, 4.69) is 42.6 Å². The predicted molar refractivity (Wildman–Crippen MR) is 69.2 cm³/mol. The van der Waals surface area contributed by atoms with E-state index in [-0.39, 0.29) is 0 Å². The molecule has 0 unspecified atom stereocenters. The maximum atomic E-state index is 4.47. The van der Waals surface area contributed by atoms with E-state index in [0.717, 1.165) is 17.3 Å². The van der Waals surface area contributed by atoms with Gasteiger partial charge in [0.2, 0.25) is 5.82 Å². The first-order valence-corrected chi connectivity index (χ1v) is 6.28. The van der Waals surface area contributed by atoms with Crippen LogP contribution in [0.1, 0.15) is 5.82 Å². The van der Waals surface area contributed by atoms with E-state index in [1.165, 1.54) is 10.6 Å². The van der Waals surface area contributed by atoms with Crippen LogP contribution in [0.4, 0.5) is 5.69 Å². The van der Waals surface area contributed by atoms with Gasteiger partial charge in [0.05, 0.1) is 12.2 Å². The fourth-order valence-corrected chi connectivity index (χ4v) is 3.05. The standard InChI is InChI=1S/C11H8N6S/c1-2-4-9-8(3-1)17-6-7(5-12-11(17)18-9)10-13-15-16-14-10/h1-5H,6H2,(H,13,14,15,16). The monoisotopic (exact) mass is 256 g/mol. The van der Waals surface area contributed by atoms with Crippen molar-refractivity contribution in [2.75, 3.05) is 11.4 Å². The Morgan fingerprint density at radius 1 is 1.28 bits per heavy atom. The normalized spacial score (nSPS) is 17.0. The van der Waals surface area contributed by atoms with Crippen molar-refractivity contribution in [1.82, 2.24) is 20.6 Å². The van der Waals surface area contributed by atoms with Crippen LogP contribution in [0.2, 0.25) is 0 Å². The number of anilines is 1. The third kappa shape index (κ3) is 1.37. The van der Waals surface area contributed by atoms with Crippen LogP contribution in [-0.2, 0) is 0 Å². The predicted octanol–water partition coefficient (Wildman–Crippen LogP) is 1.52. The van der Waals surface area contributed by atoms with Gasteiger partial charge in [-0.15, -0.1) is 10.2 Å². The Bertz CT molecular complexity index is 660. The van der Waals surface area contributed by atoms with E-state index in [0.29, 0.717) is 5.82 Å². The van der Waals surface area contributed by atoms with Crippen molar-refractivity contribution in [3.63, 3.8) is 0 Å². The molecule has 0 atom stereocenters. The number of aliphatic imine (C=N–C) groups is 1. The van der Waals surface area contributed by atoms with Crippen LogP contribution in [0.15, 0.2) is 40.4 Å². The number of H-pyrrole nitrogens is 1. The number of fused-ring (bicyclic) bond motifs is 3. The molecular weight excluding hydrogens is 248 g/mol. The molecule has 0 fully saturated rings. The summed E-state index contributed by atoms with van der Waals surface area (Å²) in [7, 11) is 0. The van der Waals surface area contributed by atoms with Crippen molar-refractivity contribution in [3.8, 4) is 0 Å². The first-order valence-electron chi connectivity index (χ1n) is 5.47. The van der Waals surface area contributed by atoms with Gasteiger partial charge < -0.3 is 4.90 Å². The Kier molecular flexibility index (Phi) is 2.01. The molecule has 0 aliphatic carbocycles. The lowest BCUT2D eigenvalue weighted by molar-refractivity contribution is 0.881. The second-order valence-corrected chi connectivity index (χ2v) is 4.97. The quantitative estimate of drug-likeness (QED) is 0.837. The minimum atomic E-state index is 0.604. The number of thioether (sulfide) groups is 1. The minimum Gasteiger partial charge on any atom is -0.315 e. The van der Waals surface area contributed by atoms with E-state index < -0.39 is 0 Å². The van der Waals surface area contributed by atoms with Crippen molar-refractivity contribution in [1.29, 1.82) is 0 Å². The lowest BCUT2D eigenvalue weighted by Crippen LogP contribution is -2.29. The number of tetrazole rings is 1. The molecule has 6 nitrogen and oxygen atoms in total. The van der Waals surface area contributed by atoms with Gasteiger partial charge in [-0.05, 0) is 29.1 Å². The number of para-hydroxylation sites is 1. The van der Waals surface area contributed by atoms with Gasteiger partial charge in [0.1, 0.15) is 0 Å². The summed E-state index contributed by atoms with van der Waals surface area (Å²) < 4.78 is 0. The summed E-state index contributed by atoms with van der Waals surface area (Å²) in [5.41, 5.74) is 2.15. The summed E-state index contributed by atoms with van der Waals surface area (Å²) in [5.74, 6) is 0.604. The fraction of sp³-hybridized carbons (Fsp3) is 0.0909. The van der Waals surface area contributed by atoms with Crippen molar-refractivity contribution in [2.24, 2.45) is 4.99 Å². The molecule has 0 amide bonds. The van der Waals surface area contributed by atoms with E-state index in [1.807, 2.05) is 18.3 Å². The molecule has 0 radical (unpaired) electrons. The first-order chi connectivity index (χ1) is 8.92. The molecule has 88 valence electrons. The SMILES string of the molecule is C1=C(c2nn[nH]n2)CN2C(=N1)Sc1ccccc12. The summed E-state index contributed by atoms with van der Waals surface area (Å²) in [6.07, 6.45) is 1.82. The number of nitrogens with zero attached hydrogens (tertiary/aromatic N) is 5. The number of aromatic nitrogens is 4. The van der Waals surface area contributed by atoms with Crippen LogP contribution in [0.25, 0.3) is 5.57 Å². The molecule has 3 heterocycles. The number of rotatable bonds is 1. The molecule has 1 aromatic heterocycles. The zero-order valence-corrected chi connectivity index (χ0v) is 10.1. The van der Waals surface area contributed by atoms with E-state index in [1.54, 1.807) is 11.8 Å². The zero-order valence-electron chi connectivity index (χ0n) is 9.24. The van der Waals surface area contributed by atoms with Crippen molar-refractivity contribution < 1.29 is 0 Å². The number of amidine groups is 1. The number of hydrogen-bond donors (Lipinski definition) is 1. The molecule has 18 heavy (non-hydrogen) atoms. The Labute approximate surface area is 107 Å². The zero-order chi connectivity index (χ0) is 11.9. The molecule has 4 rings (SSSR count). The summed E-state index contributed by atoms with van der Waals surface area (Å²) in [4.78, 5) is 7.87. The molecule has 1 N–H and O–H groups in total. The maximum absolute atomic E-state index is 4.47. The van der Waals surface area contributed by atoms with Crippen molar-refractivity contribution >= 4 is 28.2 Å². The van der Waals surface area contributed by atoms with Crippen LogP contribution in [0.5, 0.6) is 0 Å². The highest BCUT2D eigenvalue weighted by atomic mass is 32.2. The maximum Gasteiger partial charge on any atom is 0.204 e. The van der Waals surface area contributed by atoms with Crippen LogP contribution < -0.4 is 4.90 Å². The summed E-state index contributed by atoms with van der Waals surface area (Å²) >= 11 is 1.69. The third-order valence-corrected chi connectivity index (χ3v) is 3.95. The summed E-state index contributed by atoms with van der Waals surface area (Å²) in [6, 6.07) is 8.28. The average Bonchev–Trinajstić information content (AvgIpc) is 3.05. The lowest BCUT2D eigenvalue weighted by Gasteiger charge is -2.22. The Hall–Kier alpha value is -2.15. The molecular formula is C11H8N6S. The third-order valence-electron chi connectivity index (χ3n) is 2.88. The molecule has 1 aromatic carbocycles. The molecule has 0 spiro atoms. The largest absolute Gasteiger partial charge is 0.315 e. The number of benzene rings is 1. The topological polar surface area (TPSA) is 70.1 Å². The average molecular weight is 256 g/mol. The van der Waals surface area contributed by atoms with E-state index in [4.69, 9.17) is 0 Å². The molecule has 0 saturated heterocycles. The molecule has 7 heteroatoms. The van der Waals surface area contributed by atoms with Gasteiger partial charge in [-0.1, -0.05) is 12.1 Å². The fourth-order valence-electron chi connectivity index (χ4n) is 2.04. The second kappa shape index (κ2) is 3.67. The van der Waals surface area contributed by atoms with E-state index in [9.17, 15) is 0 Å².